The number of carbonyl (C=O) groups is 1. The van der Waals surface area contributed by atoms with Gasteiger partial charge >= 0.3 is 5.97 Å². The first-order valence-corrected chi connectivity index (χ1v) is 4.07. The van der Waals surface area contributed by atoms with Crippen LogP contribution in [0.5, 0.6) is 0 Å². The molecule has 0 aromatic rings. The summed E-state index contributed by atoms with van der Waals surface area (Å²) < 4.78 is 4.71. The summed E-state index contributed by atoms with van der Waals surface area (Å²) in [5.74, 6) is 1.27. The third kappa shape index (κ3) is 0.971. The summed E-state index contributed by atoms with van der Waals surface area (Å²) >= 11 is 0. The lowest BCUT2D eigenvalue weighted by Gasteiger charge is -2.14. The molecule has 2 bridgehead atoms. The molecule has 2 aliphatic rings. The normalized spacial score (nSPS) is 39.5. The summed E-state index contributed by atoms with van der Waals surface area (Å²) in [5, 5.41) is 0. The molecule has 2 aliphatic carbocycles. The van der Waals surface area contributed by atoms with Gasteiger partial charge in [-0.2, -0.15) is 0 Å². The Morgan fingerprint density at radius 3 is 2.73 bits per heavy atom. The molecule has 3 atom stereocenters. The van der Waals surface area contributed by atoms with Crippen molar-refractivity contribution < 1.29 is 9.53 Å². The first-order chi connectivity index (χ1) is 5.31. The Labute approximate surface area is 66.2 Å². The highest BCUT2D eigenvalue weighted by atomic mass is 16.5. The van der Waals surface area contributed by atoms with E-state index in [4.69, 9.17) is 4.74 Å². The Bertz CT molecular complexity index is 208. The fourth-order valence-corrected chi connectivity index (χ4v) is 2.20. The molecule has 0 saturated heterocycles. The molecular formula is C9H12O2. The minimum Gasteiger partial charge on any atom is -0.469 e. The molecule has 0 heterocycles. The predicted molar refractivity (Wildman–Crippen MR) is 40.9 cm³/mol. The molecule has 0 unspecified atom stereocenters. The van der Waals surface area contributed by atoms with Gasteiger partial charge in [0, 0.05) is 0 Å². The second kappa shape index (κ2) is 2.36. The molecule has 0 N–H and O–H groups in total. The van der Waals surface area contributed by atoms with Crippen molar-refractivity contribution in [2.45, 2.75) is 12.8 Å². The van der Waals surface area contributed by atoms with Gasteiger partial charge in [0.05, 0.1) is 13.0 Å². The molecule has 0 aromatic carbocycles. The summed E-state index contributed by atoms with van der Waals surface area (Å²) in [4.78, 5) is 11.1. The van der Waals surface area contributed by atoms with Gasteiger partial charge < -0.3 is 4.74 Å². The van der Waals surface area contributed by atoms with Crippen LogP contribution in [0.15, 0.2) is 12.2 Å². The van der Waals surface area contributed by atoms with E-state index in [2.05, 4.69) is 12.2 Å². The van der Waals surface area contributed by atoms with Crippen molar-refractivity contribution in [1.82, 2.24) is 0 Å². The fraction of sp³-hybridized carbons (Fsp3) is 0.667. The number of fused-ring (bicyclic) bond motifs is 2. The molecular weight excluding hydrogens is 140 g/mol. The lowest BCUT2D eigenvalue weighted by Crippen LogP contribution is -2.19. The predicted octanol–water partition coefficient (Wildman–Crippen LogP) is 1.37. The molecule has 1 saturated carbocycles. The zero-order chi connectivity index (χ0) is 7.84. The maximum Gasteiger partial charge on any atom is 0.309 e. The average molecular weight is 152 g/mol. The second-order valence-electron chi connectivity index (χ2n) is 3.41. The largest absolute Gasteiger partial charge is 0.469 e. The monoisotopic (exact) mass is 152 g/mol. The quantitative estimate of drug-likeness (QED) is 0.419. The molecule has 11 heavy (non-hydrogen) atoms. The summed E-state index contributed by atoms with van der Waals surface area (Å²) in [6.07, 6.45) is 6.56. The van der Waals surface area contributed by atoms with E-state index in [9.17, 15) is 4.79 Å². The third-order valence-electron chi connectivity index (χ3n) is 2.78. The Hall–Kier alpha value is -0.790. The number of hydrogen-bond acceptors (Lipinski definition) is 2. The Morgan fingerprint density at radius 2 is 2.27 bits per heavy atom. The van der Waals surface area contributed by atoms with Gasteiger partial charge in [-0.15, -0.1) is 0 Å². The van der Waals surface area contributed by atoms with Crippen molar-refractivity contribution in [1.29, 1.82) is 0 Å². The van der Waals surface area contributed by atoms with Gasteiger partial charge in [-0.1, -0.05) is 12.2 Å². The van der Waals surface area contributed by atoms with Gasteiger partial charge in [-0.05, 0) is 24.7 Å². The van der Waals surface area contributed by atoms with Gasteiger partial charge in [0.15, 0.2) is 0 Å². The number of rotatable bonds is 1. The summed E-state index contributed by atoms with van der Waals surface area (Å²) in [5.41, 5.74) is 0. The molecule has 0 spiro atoms. The molecule has 0 radical (unpaired) electrons. The van der Waals surface area contributed by atoms with Crippen LogP contribution >= 0.6 is 0 Å². The molecule has 60 valence electrons. The number of ether oxygens (including phenoxy) is 1. The second-order valence-corrected chi connectivity index (χ2v) is 3.41. The van der Waals surface area contributed by atoms with E-state index in [-0.39, 0.29) is 11.9 Å². The van der Waals surface area contributed by atoms with E-state index in [1.165, 1.54) is 13.5 Å². The standard InChI is InChI=1S/C9H12O2/c1-11-9(10)8-5-6-2-3-7(8)4-6/h2-3,6-8H,4-5H2,1H3/t6-,7+,8-/m1/s1. The minimum absolute atomic E-state index is 0.0261. The summed E-state index contributed by atoms with van der Waals surface area (Å²) in [6, 6.07) is 0. The Morgan fingerprint density at radius 1 is 1.45 bits per heavy atom. The molecule has 2 heteroatoms. The van der Waals surface area contributed by atoms with Crippen LogP contribution in [-0.2, 0) is 9.53 Å². The van der Waals surface area contributed by atoms with Crippen LogP contribution in [0.4, 0.5) is 0 Å². The van der Waals surface area contributed by atoms with Gasteiger partial charge in [0.2, 0.25) is 0 Å². The molecule has 0 amide bonds. The minimum atomic E-state index is -0.0261. The van der Waals surface area contributed by atoms with Crippen molar-refractivity contribution in [3.63, 3.8) is 0 Å². The van der Waals surface area contributed by atoms with E-state index < -0.39 is 0 Å². The highest BCUT2D eigenvalue weighted by Gasteiger charge is 2.40. The van der Waals surface area contributed by atoms with Crippen LogP contribution in [0.1, 0.15) is 12.8 Å². The van der Waals surface area contributed by atoms with Crippen molar-refractivity contribution >= 4 is 5.97 Å². The maximum absolute atomic E-state index is 11.1. The van der Waals surface area contributed by atoms with E-state index in [0.29, 0.717) is 11.8 Å². The van der Waals surface area contributed by atoms with E-state index in [0.717, 1.165) is 6.42 Å². The number of carbonyl (C=O) groups excluding carboxylic acids is 1. The third-order valence-corrected chi connectivity index (χ3v) is 2.78. The van der Waals surface area contributed by atoms with E-state index in [1.54, 1.807) is 0 Å². The average Bonchev–Trinajstić information content (AvgIpc) is 2.62. The van der Waals surface area contributed by atoms with Crippen LogP contribution in [0.3, 0.4) is 0 Å². The number of methoxy groups -OCH3 is 1. The smallest absolute Gasteiger partial charge is 0.309 e. The Kier molecular flexibility index (Phi) is 1.48. The van der Waals surface area contributed by atoms with Gasteiger partial charge in [-0.3, -0.25) is 4.79 Å². The van der Waals surface area contributed by atoms with Crippen molar-refractivity contribution in [2.24, 2.45) is 17.8 Å². The zero-order valence-electron chi connectivity index (χ0n) is 6.62. The SMILES string of the molecule is COC(=O)[C@@H]1C[C@@H]2C=C[C@H]1C2. The van der Waals surface area contributed by atoms with Crippen LogP contribution < -0.4 is 0 Å². The van der Waals surface area contributed by atoms with Gasteiger partial charge in [-0.25, -0.2) is 0 Å². The number of esters is 1. The van der Waals surface area contributed by atoms with Crippen molar-refractivity contribution in [3.05, 3.63) is 12.2 Å². The maximum atomic E-state index is 11.1. The molecule has 2 nitrogen and oxygen atoms in total. The van der Waals surface area contributed by atoms with Gasteiger partial charge in [0.1, 0.15) is 0 Å². The lowest BCUT2D eigenvalue weighted by molar-refractivity contribution is -0.146. The lowest BCUT2D eigenvalue weighted by atomic mass is 9.94. The Balaban J connectivity index is 2.08. The van der Waals surface area contributed by atoms with E-state index in [1.807, 2.05) is 0 Å². The van der Waals surface area contributed by atoms with Crippen LogP contribution in [0.25, 0.3) is 0 Å². The molecule has 1 fully saturated rings. The summed E-state index contributed by atoms with van der Waals surface area (Å²) in [6.45, 7) is 0. The summed E-state index contributed by atoms with van der Waals surface area (Å²) in [7, 11) is 1.47. The van der Waals surface area contributed by atoms with Gasteiger partial charge in [0.25, 0.3) is 0 Å². The highest BCUT2D eigenvalue weighted by molar-refractivity contribution is 5.73. The number of allylic oxidation sites excluding steroid dienone is 2. The highest BCUT2D eigenvalue weighted by Crippen LogP contribution is 2.43. The molecule has 0 aliphatic heterocycles. The van der Waals surface area contributed by atoms with Crippen LogP contribution in [0, 0.1) is 17.8 Å². The van der Waals surface area contributed by atoms with Crippen LogP contribution in [0.2, 0.25) is 0 Å². The van der Waals surface area contributed by atoms with Crippen molar-refractivity contribution in [3.8, 4) is 0 Å². The van der Waals surface area contributed by atoms with Crippen molar-refractivity contribution in [2.75, 3.05) is 7.11 Å². The molecule has 2 rings (SSSR count). The zero-order valence-corrected chi connectivity index (χ0v) is 6.62. The molecule has 0 aromatic heterocycles. The van der Waals surface area contributed by atoms with E-state index >= 15 is 0 Å². The fourth-order valence-electron chi connectivity index (χ4n) is 2.20. The first-order valence-electron chi connectivity index (χ1n) is 4.07. The number of hydrogen-bond donors (Lipinski definition) is 0. The van der Waals surface area contributed by atoms with Crippen LogP contribution in [-0.4, -0.2) is 13.1 Å². The first kappa shape index (κ1) is 6.89. The topological polar surface area (TPSA) is 26.3 Å².